The van der Waals surface area contributed by atoms with Crippen molar-refractivity contribution in [3.05, 3.63) is 28.5 Å². The van der Waals surface area contributed by atoms with Crippen molar-refractivity contribution in [2.75, 3.05) is 18.4 Å². The highest BCUT2D eigenvalue weighted by atomic mass is 79.9. The van der Waals surface area contributed by atoms with Gasteiger partial charge in [0.2, 0.25) is 5.91 Å². The molecule has 1 aromatic rings. The molecule has 0 unspecified atom stereocenters. The van der Waals surface area contributed by atoms with Crippen LogP contribution in [0.1, 0.15) is 19.8 Å². The van der Waals surface area contributed by atoms with E-state index in [0.717, 1.165) is 36.1 Å². The molecule has 1 aliphatic heterocycles. The molecule has 5 heteroatoms. The molecular formula is C13H16BrFN2O. The van der Waals surface area contributed by atoms with E-state index in [1.807, 2.05) is 4.90 Å². The Labute approximate surface area is 114 Å². The Morgan fingerprint density at radius 2 is 2.11 bits per heavy atom. The van der Waals surface area contributed by atoms with Crippen LogP contribution in [0.15, 0.2) is 22.7 Å². The molecular weight excluding hydrogens is 299 g/mol. The molecule has 1 amide bonds. The predicted molar refractivity (Wildman–Crippen MR) is 73.0 cm³/mol. The Hall–Kier alpha value is -1.10. The molecule has 98 valence electrons. The first-order valence-corrected chi connectivity index (χ1v) is 6.82. The molecule has 1 aliphatic rings. The average molecular weight is 315 g/mol. The summed E-state index contributed by atoms with van der Waals surface area (Å²) in [5.74, 6) is -0.116. The van der Waals surface area contributed by atoms with Crippen LogP contribution in [0.5, 0.6) is 0 Å². The summed E-state index contributed by atoms with van der Waals surface area (Å²) in [6.07, 6.45) is 1.84. The number of hydrogen-bond donors (Lipinski definition) is 1. The first kappa shape index (κ1) is 13.3. The summed E-state index contributed by atoms with van der Waals surface area (Å²) >= 11 is 3.34. The van der Waals surface area contributed by atoms with E-state index in [4.69, 9.17) is 0 Å². The van der Waals surface area contributed by atoms with E-state index in [2.05, 4.69) is 21.2 Å². The summed E-state index contributed by atoms with van der Waals surface area (Å²) in [5, 5.41) is 3.38. The summed E-state index contributed by atoms with van der Waals surface area (Å²) in [6, 6.07) is 4.96. The van der Waals surface area contributed by atoms with Crippen molar-refractivity contribution in [3.63, 3.8) is 0 Å². The third-order valence-electron chi connectivity index (χ3n) is 3.23. The van der Waals surface area contributed by atoms with E-state index in [-0.39, 0.29) is 11.7 Å². The second kappa shape index (κ2) is 5.69. The summed E-state index contributed by atoms with van der Waals surface area (Å²) in [4.78, 5) is 13.1. The van der Waals surface area contributed by atoms with Crippen LogP contribution in [0, 0.1) is 5.82 Å². The second-order valence-corrected chi connectivity index (χ2v) is 5.40. The number of carbonyl (C=O) groups is 1. The van der Waals surface area contributed by atoms with E-state index < -0.39 is 0 Å². The fraction of sp³-hybridized carbons (Fsp3) is 0.462. The first-order valence-electron chi connectivity index (χ1n) is 6.03. The van der Waals surface area contributed by atoms with Gasteiger partial charge in [-0.05, 0) is 47.0 Å². The molecule has 0 bridgehead atoms. The number of carbonyl (C=O) groups excluding carboxylic acids is 1. The van der Waals surface area contributed by atoms with Crippen LogP contribution in [0.2, 0.25) is 0 Å². The van der Waals surface area contributed by atoms with Gasteiger partial charge in [-0.15, -0.1) is 0 Å². The van der Waals surface area contributed by atoms with Crippen molar-refractivity contribution >= 4 is 27.5 Å². The molecule has 1 saturated heterocycles. The summed E-state index contributed by atoms with van der Waals surface area (Å²) in [5.41, 5.74) is 0.901. The maximum atomic E-state index is 13.0. The SMILES string of the molecule is CC(=O)N1CCC(Nc2ccc(F)cc2Br)CC1. The fourth-order valence-electron chi connectivity index (χ4n) is 2.17. The highest BCUT2D eigenvalue weighted by Gasteiger charge is 2.20. The average Bonchev–Trinajstić information content (AvgIpc) is 2.33. The molecule has 0 aromatic heterocycles. The Morgan fingerprint density at radius 1 is 1.44 bits per heavy atom. The molecule has 0 spiro atoms. The molecule has 2 rings (SSSR count). The van der Waals surface area contributed by atoms with Crippen LogP contribution in [0.3, 0.4) is 0 Å². The van der Waals surface area contributed by atoms with E-state index in [1.165, 1.54) is 12.1 Å². The zero-order valence-corrected chi connectivity index (χ0v) is 11.8. The summed E-state index contributed by atoms with van der Waals surface area (Å²) in [7, 11) is 0. The third-order valence-corrected chi connectivity index (χ3v) is 3.89. The van der Waals surface area contributed by atoms with Crippen LogP contribution >= 0.6 is 15.9 Å². The van der Waals surface area contributed by atoms with E-state index in [0.29, 0.717) is 6.04 Å². The third kappa shape index (κ3) is 3.22. The minimum atomic E-state index is -0.251. The second-order valence-electron chi connectivity index (χ2n) is 4.55. The van der Waals surface area contributed by atoms with Gasteiger partial charge >= 0.3 is 0 Å². The topological polar surface area (TPSA) is 32.3 Å². The van der Waals surface area contributed by atoms with Crippen molar-refractivity contribution in [2.45, 2.75) is 25.8 Å². The van der Waals surface area contributed by atoms with Gasteiger partial charge in [0, 0.05) is 36.2 Å². The van der Waals surface area contributed by atoms with Gasteiger partial charge < -0.3 is 10.2 Å². The number of piperidine rings is 1. The number of benzene rings is 1. The largest absolute Gasteiger partial charge is 0.381 e. The number of nitrogens with one attached hydrogen (secondary N) is 1. The number of anilines is 1. The van der Waals surface area contributed by atoms with Gasteiger partial charge in [0.05, 0.1) is 0 Å². The Kier molecular flexibility index (Phi) is 4.22. The lowest BCUT2D eigenvalue weighted by atomic mass is 10.0. The van der Waals surface area contributed by atoms with Gasteiger partial charge in [-0.25, -0.2) is 4.39 Å². The summed E-state index contributed by atoms with van der Waals surface area (Å²) in [6.45, 7) is 3.17. The van der Waals surface area contributed by atoms with Crippen molar-refractivity contribution in [3.8, 4) is 0 Å². The maximum Gasteiger partial charge on any atom is 0.219 e. The zero-order valence-electron chi connectivity index (χ0n) is 10.2. The van der Waals surface area contributed by atoms with Gasteiger partial charge in [0.15, 0.2) is 0 Å². The highest BCUT2D eigenvalue weighted by Crippen LogP contribution is 2.25. The predicted octanol–water partition coefficient (Wildman–Crippen LogP) is 3.01. The number of hydrogen-bond acceptors (Lipinski definition) is 2. The minimum absolute atomic E-state index is 0.136. The molecule has 3 nitrogen and oxygen atoms in total. The molecule has 0 aliphatic carbocycles. The molecule has 18 heavy (non-hydrogen) atoms. The van der Waals surface area contributed by atoms with Crippen LogP contribution in [0.25, 0.3) is 0 Å². The smallest absolute Gasteiger partial charge is 0.219 e. The quantitative estimate of drug-likeness (QED) is 0.910. The van der Waals surface area contributed by atoms with Crippen LogP contribution in [-0.2, 0) is 4.79 Å². The van der Waals surface area contributed by atoms with Crippen molar-refractivity contribution in [1.29, 1.82) is 0 Å². The van der Waals surface area contributed by atoms with Crippen LogP contribution in [-0.4, -0.2) is 29.9 Å². The Balaban J connectivity index is 1.93. The Morgan fingerprint density at radius 3 is 2.67 bits per heavy atom. The number of halogens is 2. The van der Waals surface area contributed by atoms with E-state index >= 15 is 0 Å². The lowest BCUT2D eigenvalue weighted by Crippen LogP contribution is -2.41. The van der Waals surface area contributed by atoms with E-state index in [1.54, 1.807) is 13.0 Å². The van der Waals surface area contributed by atoms with E-state index in [9.17, 15) is 9.18 Å². The lowest BCUT2D eigenvalue weighted by molar-refractivity contribution is -0.129. The van der Waals surface area contributed by atoms with Crippen molar-refractivity contribution in [2.24, 2.45) is 0 Å². The molecule has 1 aromatic carbocycles. The monoisotopic (exact) mass is 314 g/mol. The fourth-order valence-corrected chi connectivity index (χ4v) is 2.63. The Bertz CT molecular complexity index is 445. The van der Waals surface area contributed by atoms with Crippen LogP contribution < -0.4 is 5.32 Å². The van der Waals surface area contributed by atoms with Gasteiger partial charge in [0.1, 0.15) is 5.82 Å². The van der Waals surface area contributed by atoms with Gasteiger partial charge in [0.25, 0.3) is 0 Å². The van der Waals surface area contributed by atoms with Crippen LogP contribution in [0.4, 0.5) is 10.1 Å². The summed E-state index contributed by atoms with van der Waals surface area (Å²) < 4.78 is 13.7. The van der Waals surface area contributed by atoms with Crippen molar-refractivity contribution in [1.82, 2.24) is 4.90 Å². The minimum Gasteiger partial charge on any atom is -0.381 e. The molecule has 0 radical (unpaired) electrons. The number of likely N-dealkylation sites (tertiary alicyclic amines) is 1. The first-order chi connectivity index (χ1) is 8.56. The van der Waals surface area contributed by atoms with Gasteiger partial charge in [-0.1, -0.05) is 0 Å². The standard InChI is InChI=1S/C13H16BrFN2O/c1-9(18)17-6-4-11(5-7-17)16-13-3-2-10(15)8-12(13)14/h2-3,8,11,16H,4-7H2,1H3. The van der Waals surface area contributed by atoms with Gasteiger partial charge in [-0.3, -0.25) is 4.79 Å². The molecule has 0 saturated carbocycles. The van der Waals surface area contributed by atoms with Gasteiger partial charge in [-0.2, -0.15) is 0 Å². The lowest BCUT2D eigenvalue weighted by Gasteiger charge is -2.32. The normalized spacial score (nSPS) is 16.7. The molecule has 1 fully saturated rings. The zero-order chi connectivity index (χ0) is 13.1. The number of nitrogens with zero attached hydrogens (tertiary/aromatic N) is 1. The molecule has 0 atom stereocenters. The number of rotatable bonds is 2. The highest BCUT2D eigenvalue weighted by molar-refractivity contribution is 9.10. The maximum absolute atomic E-state index is 13.0. The molecule has 1 heterocycles. The molecule has 1 N–H and O–H groups in total. The number of amides is 1. The van der Waals surface area contributed by atoms with Crippen molar-refractivity contribution < 1.29 is 9.18 Å².